The Balaban J connectivity index is 0.00000196. The van der Waals surface area contributed by atoms with Crippen molar-refractivity contribution in [2.45, 2.75) is 31.1 Å². The first-order valence-electron chi connectivity index (χ1n) is 4.35. The molecule has 0 aliphatic heterocycles. The van der Waals surface area contributed by atoms with Crippen LogP contribution in [0.1, 0.15) is 26.3 Å². The number of benzene rings is 1. The van der Waals surface area contributed by atoms with Crippen LogP contribution < -0.4 is 5.14 Å². The Morgan fingerprint density at radius 3 is 1.93 bits per heavy atom. The molecule has 3 nitrogen and oxygen atoms in total. The van der Waals surface area contributed by atoms with Crippen LogP contribution in [0.15, 0.2) is 29.2 Å². The van der Waals surface area contributed by atoms with E-state index in [0.717, 1.165) is 5.56 Å². The van der Waals surface area contributed by atoms with Gasteiger partial charge < -0.3 is 0 Å². The van der Waals surface area contributed by atoms with Crippen LogP contribution in [0.2, 0.25) is 0 Å². The molecule has 5 heteroatoms. The van der Waals surface area contributed by atoms with Crippen LogP contribution in [0.25, 0.3) is 0 Å². The molecule has 0 aromatic heterocycles. The molecule has 0 aliphatic carbocycles. The quantitative estimate of drug-likeness (QED) is 0.759. The maximum absolute atomic E-state index is 11.3. The zero-order valence-electron chi connectivity index (χ0n) is 8.61. The van der Waals surface area contributed by atoms with E-state index in [1.165, 1.54) is 6.07 Å². The van der Waals surface area contributed by atoms with Gasteiger partial charge in [-0.3, -0.25) is 0 Å². The molecule has 0 aliphatic rings. The molecule has 0 spiro atoms. The number of hydrogen-bond acceptors (Lipinski definition) is 2. The molecule has 0 heterocycles. The average molecular weight is 253 g/mol. The molecule has 2 N–H and O–H groups in total. The number of nitrogens with two attached hydrogens (primary N) is 1. The van der Waals surface area contributed by atoms with Crippen molar-refractivity contribution < 1.29 is 8.42 Å². The van der Waals surface area contributed by atoms with Crippen LogP contribution in [0.5, 0.6) is 0 Å². The van der Waals surface area contributed by atoms with Crippen LogP contribution in [0.4, 0.5) is 0 Å². The third-order valence-electron chi connectivity index (χ3n) is 2.00. The van der Waals surface area contributed by atoms with Crippen LogP contribution in [0.3, 0.4) is 0 Å². The van der Waals surface area contributed by atoms with Crippen molar-refractivity contribution in [2.24, 2.45) is 5.14 Å². The topological polar surface area (TPSA) is 60.2 Å². The first-order chi connectivity index (χ1) is 6.23. The molecule has 0 amide bonds. The fourth-order valence-corrected chi connectivity index (χ4v) is 2.28. The van der Waals surface area contributed by atoms with Crippen molar-refractivity contribution in [3.8, 4) is 0 Å². The molecular weight excluding hydrogens is 237 g/mol. The molecule has 15 heavy (non-hydrogen) atoms. The van der Waals surface area contributed by atoms with Gasteiger partial charge in [0.1, 0.15) is 0 Å². The van der Waals surface area contributed by atoms with Gasteiger partial charge in [-0.2, -0.15) is 0 Å². The van der Waals surface area contributed by atoms with Gasteiger partial charge in [-0.1, -0.05) is 39.0 Å². The van der Waals surface area contributed by atoms with E-state index >= 15 is 0 Å². The minimum absolute atomic E-state index is 0. The van der Waals surface area contributed by atoms with E-state index in [0.29, 0.717) is 0 Å². The maximum atomic E-state index is 11.3. The molecule has 0 saturated carbocycles. The predicted molar refractivity (Wildman–Crippen MR) is 63.7 cm³/mol. The predicted octanol–water partition coefficient (Wildman–Crippen LogP) is 0.983. The fourth-order valence-electron chi connectivity index (χ4n) is 1.33. The Morgan fingerprint density at radius 2 is 1.60 bits per heavy atom. The normalized spacial score (nSPS) is 12.0. The second kappa shape index (κ2) is 5.40. The molecule has 0 saturated heterocycles. The summed E-state index contributed by atoms with van der Waals surface area (Å²) in [7, 11) is -3.62. The number of primary sulfonamides is 1. The molecule has 1 aromatic rings. The molecule has 80 valence electrons. The van der Waals surface area contributed by atoms with Crippen molar-refractivity contribution in [3.05, 3.63) is 29.8 Å². The summed E-state index contributed by atoms with van der Waals surface area (Å²) in [5, 5.41) is 5.13. The summed E-state index contributed by atoms with van der Waals surface area (Å²) in [6, 6.07) is 6.82. The van der Waals surface area contributed by atoms with E-state index in [2.05, 4.69) is 0 Å². The van der Waals surface area contributed by atoms with Gasteiger partial charge in [0.05, 0.1) is 4.90 Å². The van der Waals surface area contributed by atoms with Gasteiger partial charge in [-0.15, -0.1) is 0 Å². The zero-order chi connectivity index (χ0) is 11.0. The summed E-state index contributed by atoms with van der Waals surface area (Å²) in [6.07, 6.45) is 0. The number of hydrogen-bond donors (Lipinski definition) is 1. The van der Waals surface area contributed by atoms with Crippen LogP contribution >= 0.6 is 0 Å². The summed E-state index contributed by atoms with van der Waals surface area (Å²) < 4.78 is 22.6. The van der Waals surface area contributed by atoms with Crippen LogP contribution in [-0.4, -0.2) is 59.8 Å². The standard InChI is InChI=1S/C10H15NO2S.K.H/c1-10(2,3)8-6-4-5-7-9(8)14(11,12)13;;/h4-7H,1-3H3,(H2,11,12,13);;. The Bertz CT molecular complexity index is 435. The van der Waals surface area contributed by atoms with Gasteiger partial charge in [0.15, 0.2) is 0 Å². The van der Waals surface area contributed by atoms with Gasteiger partial charge in [0, 0.05) is 0 Å². The molecule has 1 rings (SSSR count). The Kier molecular flexibility index (Phi) is 5.67. The summed E-state index contributed by atoms with van der Waals surface area (Å²) >= 11 is 0. The van der Waals surface area contributed by atoms with Crippen molar-refractivity contribution >= 4 is 61.4 Å². The van der Waals surface area contributed by atoms with Crippen molar-refractivity contribution in [3.63, 3.8) is 0 Å². The summed E-state index contributed by atoms with van der Waals surface area (Å²) in [4.78, 5) is 0.215. The molecule has 0 atom stereocenters. The van der Waals surface area contributed by atoms with Crippen LogP contribution in [0, 0.1) is 0 Å². The first-order valence-corrected chi connectivity index (χ1v) is 5.90. The summed E-state index contributed by atoms with van der Waals surface area (Å²) in [5.41, 5.74) is 0.533. The van der Waals surface area contributed by atoms with Gasteiger partial charge in [-0.05, 0) is 17.0 Å². The summed E-state index contributed by atoms with van der Waals surface area (Å²) in [5.74, 6) is 0. The zero-order valence-corrected chi connectivity index (χ0v) is 9.43. The average Bonchev–Trinajstić information content (AvgIpc) is 2.01. The molecular formula is C10H16KNO2S. The third-order valence-corrected chi connectivity index (χ3v) is 2.97. The second-order valence-corrected chi connectivity index (χ2v) is 5.82. The first kappa shape index (κ1) is 15.8. The van der Waals surface area contributed by atoms with E-state index in [1.807, 2.05) is 26.8 Å². The molecule has 0 radical (unpaired) electrons. The number of rotatable bonds is 1. The van der Waals surface area contributed by atoms with Gasteiger partial charge in [0.25, 0.3) is 0 Å². The van der Waals surface area contributed by atoms with Crippen molar-refractivity contribution in [1.29, 1.82) is 0 Å². The van der Waals surface area contributed by atoms with Gasteiger partial charge in [0.2, 0.25) is 10.0 Å². The minimum atomic E-state index is -3.62. The molecule has 0 unspecified atom stereocenters. The molecule has 0 fully saturated rings. The Hall–Kier alpha value is 0.766. The monoisotopic (exact) mass is 253 g/mol. The molecule has 1 aromatic carbocycles. The Labute approximate surface area is 134 Å². The van der Waals surface area contributed by atoms with E-state index in [1.54, 1.807) is 12.1 Å². The van der Waals surface area contributed by atoms with E-state index in [4.69, 9.17) is 5.14 Å². The second-order valence-electron chi connectivity index (χ2n) is 4.29. The SMILES string of the molecule is CC(C)(C)c1ccccc1S(N)(=O)=O.[KH]. The van der Waals surface area contributed by atoms with Crippen molar-refractivity contribution in [2.75, 3.05) is 0 Å². The Morgan fingerprint density at radius 1 is 1.13 bits per heavy atom. The van der Waals surface area contributed by atoms with Crippen LogP contribution in [-0.2, 0) is 15.4 Å². The van der Waals surface area contributed by atoms with E-state index in [-0.39, 0.29) is 61.7 Å². The molecule has 0 bridgehead atoms. The van der Waals surface area contributed by atoms with Crippen molar-refractivity contribution in [1.82, 2.24) is 0 Å². The van der Waals surface area contributed by atoms with E-state index in [9.17, 15) is 8.42 Å². The van der Waals surface area contributed by atoms with Gasteiger partial charge >= 0.3 is 51.4 Å². The summed E-state index contributed by atoms with van der Waals surface area (Å²) in [6.45, 7) is 5.87. The van der Waals surface area contributed by atoms with E-state index < -0.39 is 10.0 Å². The fraction of sp³-hybridized carbons (Fsp3) is 0.400. The number of sulfonamides is 1. The van der Waals surface area contributed by atoms with Gasteiger partial charge in [-0.25, -0.2) is 13.6 Å². The third kappa shape index (κ3) is 4.26.